The smallest absolute Gasteiger partial charge is 0.149 e. The summed E-state index contributed by atoms with van der Waals surface area (Å²) in [5.74, 6) is 2.50. The van der Waals surface area contributed by atoms with Crippen molar-refractivity contribution in [3.63, 3.8) is 0 Å². The molecule has 0 amide bonds. The van der Waals surface area contributed by atoms with Gasteiger partial charge in [-0.25, -0.2) is 4.98 Å². The molecular formula is C10H16N4S. The van der Waals surface area contributed by atoms with Crippen LogP contribution in [0.25, 0.3) is 0 Å². The van der Waals surface area contributed by atoms with E-state index in [1.54, 1.807) is 6.07 Å². The zero-order valence-electron chi connectivity index (χ0n) is 8.57. The number of rotatable bonds is 3. The number of hydrogen-bond acceptors (Lipinski definition) is 5. The van der Waals surface area contributed by atoms with Gasteiger partial charge in [-0.05, 0) is 30.7 Å². The molecule has 1 unspecified atom stereocenters. The Bertz CT molecular complexity index is 336. The van der Waals surface area contributed by atoms with E-state index in [1.165, 1.54) is 18.6 Å². The molecule has 4 nitrogen and oxygen atoms in total. The first-order chi connectivity index (χ1) is 7.25. The molecule has 0 aromatic carbocycles. The van der Waals surface area contributed by atoms with Gasteiger partial charge in [0, 0.05) is 11.8 Å². The van der Waals surface area contributed by atoms with Crippen molar-refractivity contribution in [1.82, 2.24) is 4.98 Å². The molecular weight excluding hydrogens is 208 g/mol. The molecule has 15 heavy (non-hydrogen) atoms. The van der Waals surface area contributed by atoms with E-state index >= 15 is 0 Å². The fraction of sp³-hybridized carbons (Fsp3) is 0.500. The van der Waals surface area contributed by atoms with Crippen LogP contribution in [0.3, 0.4) is 0 Å². The summed E-state index contributed by atoms with van der Waals surface area (Å²) in [5, 5.41) is 4.00. The van der Waals surface area contributed by atoms with E-state index in [2.05, 4.69) is 10.3 Å². The SMILES string of the molecule is Nc1ccc(NCC2CCCS2)nc1N. The molecule has 2 rings (SSSR count). The van der Waals surface area contributed by atoms with Crippen LogP contribution in [0.15, 0.2) is 12.1 Å². The highest BCUT2D eigenvalue weighted by Crippen LogP contribution is 2.26. The number of thioether (sulfide) groups is 1. The predicted molar refractivity (Wildman–Crippen MR) is 67.0 cm³/mol. The Morgan fingerprint density at radius 1 is 1.47 bits per heavy atom. The minimum Gasteiger partial charge on any atom is -0.396 e. The van der Waals surface area contributed by atoms with E-state index in [1.807, 2.05) is 17.8 Å². The zero-order valence-corrected chi connectivity index (χ0v) is 9.39. The summed E-state index contributed by atoms with van der Waals surface area (Å²) in [6.07, 6.45) is 2.62. The average Bonchev–Trinajstić information content (AvgIpc) is 2.73. The van der Waals surface area contributed by atoms with Crippen molar-refractivity contribution in [3.8, 4) is 0 Å². The maximum atomic E-state index is 5.62. The van der Waals surface area contributed by atoms with Gasteiger partial charge >= 0.3 is 0 Å². The second-order valence-corrected chi connectivity index (χ2v) is 5.10. The van der Waals surface area contributed by atoms with E-state index in [9.17, 15) is 0 Å². The van der Waals surface area contributed by atoms with Gasteiger partial charge in [-0.15, -0.1) is 0 Å². The van der Waals surface area contributed by atoms with Crippen molar-refractivity contribution in [1.29, 1.82) is 0 Å². The molecule has 0 radical (unpaired) electrons. The lowest BCUT2D eigenvalue weighted by atomic mass is 10.2. The van der Waals surface area contributed by atoms with Crippen LogP contribution in [0.4, 0.5) is 17.3 Å². The number of hydrogen-bond donors (Lipinski definition) is 3. The summed E-state index contributed by atoms with van der Waals surface area (Å²) in [7, 11) is 0. The molecule has 1 fully saturated rings. The summed E-state index contributed by atoms with van der Waals surface area (Å²) in [5.41, 5.74) is 11.7. The molecule has 2 heterocycles. The van der Waals surface area contributed by atoms with Gasteiger partial charge in [0.25, 0.3) is 0 Å². The Balaban J connectivity index is 1.90. The second kappa shape index (κ2) is 4.61. The van der Waals surface area contributed by atoms with Crippen LogP contribution < -0.4 is 16.8 Å². The molecule has 5 heteroatoms. The van der Waals surface area contributed by atoms with E-state index in [4.69, 9.17) is 11.5 Å². The first-order valence-electron chi connectivity index (χ1n) is 5.13. The summed E-state index contributed by atoms with van der Waals surface area (Å²) >= 11 is 2.02. The molecule has 0 bridgehead atoms. The van der Waals surface area contributed by atoms with Gasteiger partial charge in [-0.1, -0.05) is 0 Å². The molecule has 5 N–H and O–H groups in total. The highest BCUT2D eigenvalue weighted by atomic mass is 32.2. The molecule has 1 atom stereocenters. The van der Waals surface area contributed by atoms with Gasteiger partial charge in [-0.2, -0.15) is 11.8 Å². The summed E-state index contributed by atoms with van der Waals surface area (Å²) in [6, 6.07) is 3.65. The Morgan fingerprint density at radius 3 is 3.00 bits per heavy atom. The van der Waals surface area contributed by atoms with Crippen molar-refractivity contribution in [3.05, 3.63) is 12.1 Å². The lowest BCUT2D eigenvalue weighted by Crippen LogP contribution is -2.14. The first kappa shape index (κ1) is 10.4. The summed E-state index contributed by atoms with van der Waals surface area (Å²) in [4.78, 5) is 4.17. The number of anilines is 3. The van der Waals surface area contributed by atoms with Gasteiger partial charge in [0.15, 0.2) is 0 Å². The molecule has 1 saturated heterocycles. The third kappa shape index (κ3) is 2.68. The monoisotopic (exact) mass is 224 g/mol. The molecule has 1 aliphatic heterocycles. The minimum absolute atomic E-state index is 0.402. The van der Waals surface area contributed by atoms with Crippen LogP contribution in [0.2, 0.25) is 0 Å². The van der Waals surface area contributed by atoms with Crippen LogP contribution in [0.1, 0.15) is 12.8 Å². The summed E-state index contributed by atoms with van der Waals surface area (Å²) in [6.45, 7) is 0.959. The third-order valence-electron chi connectivity index (χ3n) is 2.49. The van der Waals surface area contributed by atoms with Crippen molar-refractivity contribution in [2.75, 3.05) is 29.1 Å². The van der Waals surface area contributed by atoms with Gasteiger partial charge in [0.1, 0.15) is 11.6 Å². The molecule has 82 valence electrons. The van der Waals surface area contributed by atoms with Crippen molar-refractivity contribution in [2.45, 2.75) is 18.1 Å². The standard InChI is InChI=1S/C10H16N4S/c11-8-3-4-9(14-10(8)12)13-6-7-2-1-5-15-7/h3-4,7H,1-2,5-6,11H2,(H3,12,13,14). The zero-order chi connectivity index (χ0) is 10.7. The summed E-state index contributed by atoms with van der Waals surface area (Å²) < 4.78 is 0. The van der Waals surface area contributed by atoms with Crippen LogP contribution in [0.5, 0.6) is 0 Å². The van der Waals surface area contributed by atoms with Crippen LogP contribution in [0, 0.1) is 0 Å². The van der Waals surface area contributed by atoms with Gasteiger partial charge < -0.3 is 16.8 Å². The Morgan fingerprint density at radius 2 is 2.33 bits per heavy atom. The fourth-order valence-electron chi connectivity index (χ4n) is 1.61. The largest absolute Gasteiger partial charge is 0.396 e. The Hall–Kier alpha value is -1.10. The molecule has 0 saturated carbocycles. The van der Waals surface area contributed by atoms with Crippen molar-refractivity contribution < 1.29 is 0 Å². The topological polar surface area (TPSA) is 77.0 Å². The molecule has 1 aliphatic rings. The maximum Gasteiger partial charge on any atom is 0.149 e. The molecule has 1 aromatic rings. The average molecular weight is 224 g/mol. The lowest BCUT2D eigenvalue weighted by Gasteiger charge is -2.11. The highest BCUT2D eigenvalue weighted by Gasteiger charge is 2.15. The van der Waals surface area contributed by atoms with Crippen molar-refractivity contribution in [2.24, 2.45) is 0 Å². The third-order valence-corrected chi connectivity index (χ3v) is 3.89. The number of nitrogens with two attached hydrogens (primary N) is 2. The van der Waals surface area contributed by atoms with E-state index in [0.717, 1.165) is 12.4 Å². The fourth-order valence-corrected chi connectivity index (χ4v) is 2.81. The van der Waals surface area contributed by atoms with E-state index in [0.29, 0.717) is 16.8 Å². The van der Waals surface area contributed by atoms with Crippen LogP contribution >= 0.6 is 11.8 Å². The predicted octanol–water partition coefficient (Wildman–Crippen LogP) is 1.55. The molecule has 0 spiro atoms. The quantitative estimate of drug-likeness (QED) is 0.726. The van der Waals surface area contributed by atoms with E-state index < -0.39 is 0 Å². The van der Waals surface area contributed by atoms with Crippen molar-refractivity contribution >= 4 is 29.1 Å². The highest BCUT2D eigenvalue weighted by molar-refractivity contribution is 8.00. The number of aromatic nitrogens is 1. The van der Waals surface area contributed by atoms with Gasteiger partial charge in [0.05, 0.1) is 5.69 Å². The number of nitrogen functional groups attached to an aromatic ring is 2. The maximum absolute atomic E-state index is 5.62. The normalized spacial score (nSPS) is 20.4. The second-order valence-electron chi connectivity index (χ2n) is 3.69. The number of pyridine rings is 1. The van der Waals surface area contributed by atoms with Gasteiger partial charge in [0.2, 0.25) is 0 Å². The van der Waals surface area contributed by atoms with Gasteiger partial charge in [-0.3, -0.25) is 0 Å². The molecule has 0 aliphatic carbocycles. The lowest BCUT2D eigenvalue weighted by molar-refractivity contribution is 0.803. The molecule has 1 aromatic heterocycles. The first-order valence-corrected chi connectivity index (χ1v) is 6.18. The van der Waals surface area contributed by atoms with Crippen LogP contribution in [-0.2, 0) is 0 Å². The number of nitrogens with one attached hydrogen (secondary N) is 1. The van der Waals surface area contributed by atoms with Crippen LogP contribution in [-0.4, -0.2) is 22.5 Å². The minimum atomic E-state index is 0.402. The Labute approximate surface area is 93.8 Å². The van der Waals surface area contributed by atoms with E-state index in [-0.39, 0.29) is 0 Å². The number of nitrogens with zero attached hydrogens (tertiary/aromatic N) is 1. The Kier molecular flexibility index (Phi) is 3.20.